The molecule has 3 atom stereocenters. The molecule has 110 valence electrons. The van der Waals surface area contributed by atoms with Crippen molar-refractivity contribution in [2.75, 3.05) is 0 Å². The highest BCUT2D eigenvalue weighted by Crippen LogP contribution is 2.49. The Kier molecular flexibility index (Phi) is 2.38. The number of aliphatic hydroxyl groups is 1. The van der Waals surface area contributed by atoms with E-state index in [1.54, 1.807) is 0 Å². The molecule has 3 aromatic rings. The SMILES string of the molecule is O[C@H]1c2[nH]ncc2CC[C@H]1[C@H]1c2ccccc2-c2cncn21. The molecule has 3 heterocycles. The van der Waals surface area contributed by atoms with E-state index in [0.29, 0.717) is 0 Å². The minimum absolute atomic E-state index is 0.129. The van der Waals surface area contributed by atoms with Crippen LogP contribution in [0, 0.1) is 5.92 Å². The lowest BCUT2D eigenvalue weighted by atomic mass is 9.78. The molecule has 5 nitrogen and oxygen atoms in total. The average molecular weight is 292 g/mol. The summed E-state index contributed by atoms with van der Waals surface area (Å²) in [4.78, 5) is 4.31. The molecule has 2 aromatic heterocycles. The Balaban J connectivity index is 1.65. The first-order chi connectivity index (χ1) is 10.8. The fraction of sp³-hybridized carbons (Fsp3) is 0.294. The number of aromatic amines is 1. The summed E-state index contributed by atoms with van der Waals surface area (Å²) >= 11 is 0. The van der Waals surface area contributed by atoms with Gasteiger partial charge in [-0.05, 0) is 24.0 Å². The number of hydrogen-bond acceptors (Lipinski definition) is 3. The fourth-order valence-corrected chi connectivity index (χ4v) is 4.11. The lowest BCUT2D eigenvalue weighted by Crippen LogP contribution is -2.28. The van der Waals surface area contributed by atoms with Crippen molar-refractivity contribution in [3.63, 3.8) is 0 Å². The van der Waals surface area contributed by atoms with Crippen LogP contribution in [0.3, 0.4) is 0 Å². The molecule has 2 N–H and O–H groups in total. The summed E-state index contributed by atoms with van der Waals surface area (Å²) in [6.45, 7) is 0. The number of aromatic nitrogens is 4. The van der Waals surface area contributed by atoms with Crippen LogP contribution >= 0.6 is 0 Å². The minimum atomic E-state index is -0.516. The molecule has 1 aliphatic heterocycles. The van der Waals surface area contributed by atoms with Crippen LogP contribution in [0.2, 0.25) is 0 Å². The van der Waals surface area contributed by atoms with Gasteiger partial charge in [0.25, 0.3) is 0 Å². The van der Waals surface area contributed by atoms with Crippen LogP contribution < -0.4 is 0 Å². The molecule has 0 spiro atoms. The second kappa shape index (κ2) is 4.30. The number of fused-ring (bicyclic) bond motifs is 4. The van der Waals surface area contributed by atoms with Gasteiger partial charge in [-0.25, -0.2) is 4.98 Å². The van der Waals surface area contributed by atoms with E-state index < -0.39 is 6.10 Å². The second-order valence-corrected chi connectivity index (χ2v) is 6.17. The minimum Gasteiger partial charge on any atom is -0.386 e. The van der Waals surface area contributed by atoms with Crippen molar-refractivity contribution in [3.8, 4) is 11.3 Å². The van der Waals surface area contributed by atoms with Crippen molar-refractivity contribution >= 4 is 0 Å². The normalized spacial score (nSPS) is 25.6. The average Bonchev–Trinajstić information content (AvgIpc) is 3.23. The summed E-state index contributed by atoms with van der Waals surface area (Å²) in [7, 11) is 0. The molecule has 0 amide bonds. The lowest BCUT2D eigenvalue weighted by molar-refractivity contribution is 0.0684. The molecule has 22 heavy (non-hydrogen) atoms. The predicted molar refractivity (Wildman–Crippen MR) is 81.2 cm³/mol. The summed E-state index contributed by atoms with van der Waals surface area (Å²) < 4.78 is 2.21. The van der Waals surface area contributed by atoms with E-state index in [4.69, 9.17) is 0 Å². The molecule has 5 heteroatoms. The first-order valence-corrected chi connectivity index (χ1v) is 7.66. The quantitative estimate of drug-likeness (QED) is 0.724. The zero-order valence-corrected chi connectivity index (χ0v) is 12.0. The van der Waals surface area contributed by atoms with Crippen molar-refractivity contribution in [1.82, 2.24) is 19.7 Å². The number of nitrogens with one attached hydrogen (secondary N) is 1. The molecule has 1 aromatic carbocycles. The van der Waals surface area contributed by atoms with E-state index in [-0.39, 0.29) is 12.0 Å². The summed E-state index contributed by atoms with van der Waals surface area (Å²) in [5, 5.41) is 17.9. The topological polar surface area (TPSA) is 66.7 Å². The summed E-state index contributed by atoms with van der Waals surface area (Å²) in [5.41, 5.74) is 5.67. The molecule has 0 fully saturated rings. The van der Waals surface area contributed by atoms with Gasteiger partial charge >= 0.3 is 0 Å². The van der Waals surface area contributed by atoms with Crippen molar-refractivity contribution in [1.29, 1.82) is 0 Å². The third-order valence-electron chi connectivity index (χ3n) is 5.13. The first-order valence-electron chi connectivity index (χ1n) is 7.66. The summed E-state index contributed by atoms with van der Waals surface area (Å²) in [5.74, 6) is 0.129. The Bertz CT molecular complexity index is 850. The highest BCUT2D eigenvalue weighted by Gasteiger charge is 2.41. The van der Waals surface area contributed by atoms with Crippen LogP contribution in [0.4, 0.5) is 0 Å². The number of imidazole rings is 1. The number of aryl methyl sites for hydroxylation is 1. The third kappa shape index (κ3) is 1.46. The van der Waals surface area contributed by atoms with E-state index in [0.717, 1.165) is 29.8 Å². The van der Waals surface area contributed by atoms with Crippen molar-refractivity contribution in [3.05, 3.63) is 59.8 Å². The van der Waals surface area contributed by atoms with Crippen LogP contribution in [0.15, 0.2) is 43.0 Å². The van der Waals surface area contributed by atoms with E-state index in [1.807, 2.05) is 18.7 Å². The van der Waals surface area contributed by atoms with Crippen molar-refractivity contribution in [2.24, 2.45) is 5.92 Å². The number of benzene rings is 1. The van der Waals surface area contributed by atoms with Crippen LogP contribution in [0.1, 0.15) is 35.4 Å². The van der Waals surface area contributed by atoms with Crippen LogP contribution in [-0.4, -0.2) is 24.9 Å². The maximum absolute atomic E-state index is 10.9. The monoisotopic (exact) mass is 292 g/mol. The number of aliphatic hydroxyl groups excluding tert-OH is 1. The molecule has 0 bridgehead atoms. The molecule has 0 saturated heterocycles. The van der Waals surface area contributed by atoms with E-state index >= 15 is 0 Å². The van der Waals surface area contributed by atoms with Gasteiger partial charge < -0.3 is 9.67 Å². The molecule has 0 radical (unpaired) electrons. The third-order valence-corrected chi connectivity index (χ3v) is 5.13. The maximum atomic E-state index is 10.9. The lowest BCUT2D eigenvalue weighted by Gasteiger charge is -2.33. The molecular formula is C17H16N4O. The van der Waals surface area contributed by atoms with Crippen molar-refractivity contribution < 1.29 is 5.11 Å². The molecule has 0 saturated carbocycles. The maximum Gasteiger partial charge on any atom is 0.101 e. The molecule has 2 aliphatic rings. The molecule has 1 aliphatic carbocycles. The Labute approximate surface area is 127 Å². The highest BCUT2D eigenvalue weighted by atomic mass is 16.3. The molecule has 5 rings (SSSR count). The number of hydrogen-bond donors (Lipinski definition) is 2. The van der Waals surface area contributed by atoms with Crippen LogP contribution in [-0.2, 0) is 6.42 Å². The smallest absolute Gasteiger partial charge is 0.101 e. The summed E-state index contributed by atoms with van der Waals surface area (Å²) in [6, 6.07) is 8.58. The van der Waals surface area contributed by atoms with E-state index in [9.17, 15) is 5.11 Å². The first kappa shape index (κ1) is 12.2. The van der Waals surface area contributed by atoms with Gasteiger partial charge in [-0.15, -0.1) is 0 Å². The molecule has 0 unspecified atom stereocenters. The van der Waals surface area contributed by atoms with Gasteiger partial charge in [-0.2, -0.15) is 5.10 Å². The van der Waals surface area contributed by atoms with Gasteiger partial charge in [0.1, 0.15) is 6.10 Å². The number of rotatable bonds is 1. The van der Waals surface area contributed by atoms with Gasteiger partial charge in [0, 0.05) is 11.5 Å². The predicted octanol–water partition coefficient (Wildman–Crippen LogP) is 2.47. The van der Waals surface area contributed by atoms with Crippen molar-refractivity contribution in [2.45, 2.75) is 25.0 Å². The van der Waals surface area contributed by atoms with Gasteiger partial charge in [-0.3, -0.25) is 5.10 Å². The zero-order chi connectivity index (χ0) is 14.7. The largest absolute Gasteiger partial charge is 0.386 e. The van der Waals surface area contributed by atoms with Crippen LogP contribution in [0.5, 0.6) is 0 Å². The summed E-state index contributed by atoms with van der Waals surface area (Å²) in [6.07, 6.45) is 7.02. The van der Waals surface area contributed by atoms with Gasteiger partial charge in [-0.1, -0.05) is 24.3 Å². The standard InChI is InChI=1S/C17H16N4O/c22-17-13(6-5-10-7-19-20-15(10)17)16-12-4-2-1-3-11(12)14-8-18-9-21(14)16/h1-4,7-9,13,16-17,22H,5-6H2,(H,19,20)/t13-,16+,17+/m0/s1. The number of H-pyrrole nitrogens is 1. The zero-order valence-electron chi connectivity index (χ0n) is 12.0. The Morgan fingerprint density at radius 3 is 3.09 bits per heavy atom. The van der Waals surface area contributed by atoms with E-state index in [2.05, 4.69) is 44.0 Å². The molecular weight excluding hydrogens is 276 g/mol. The highest BCUT2D eigenvalue weighted by molar-refractivity contribution is 5.69. The van der Waals surface area contributed by atoms with E-state index in [1.165, 1.54) is 11.1 Å². The van der Waals surface area contributed by atoms with Gasteiger partial charge in [0.15, 0.2) is 0 Å². The van der Waals surface area contributed by atoms with Gasteiger partial charge in [0.05, 0.1) is 36.2 Å². The second-order valence-electron chi connectivity index (χ2n) is 6.17. The fourth-order valence-electron chi connectivity index (χ4n) is 4.11. The Morgan fingerprint density at radius 1 is 1.23 bits per heavy atom. The Morgan fingerprint density at radius 2 is 2.14 bits per heavy atom. The number of nitrogens with zero attached hydrogens (tertiary/aromatic N) is 3. The van der Waals surface area contributed by atoms with Gasteiger partial charge in [0.2, 0.25) is 0 Å². The van der Waals surface area contributed by atoms with Crippen LogP contribution in [0.25, 0.3) is 11.3 Å². The Hall–Kier alpha value is -2.40.